The fourth-order valence-corrected chi connectivity index (χ4v) is 8.48. The Labute approximate surface area is 303 Å². The molecule has 13 nitrogen and oxygen atoms in total. The Morgan fingerprint density at radius 3 is 2.46 bits per heavy atom. The highest BCUT2D eigenvalue weighted by Gasteiger charge is 2.51. The summed E-state index contributed by atoms with van der Waals surface area (Å²) >= 11 is 6.88. The number of nitrogens with zero attached hydrogens (tertiary/aromatic N) is 6. The van der Waals surface area contributed by atoms with Crippen molar-refractivity contribution in [1.82, 2.24) is 19.9 Å². The van der Waals surface area contributed by atoms with Crippen molar-refractivity contribution in [1.29, 1.82) is 0 Å². The van der Waals surface area contributed by atoms with E-state index in [-0.39, 0.29) is 58.4 Å². The molecule has 2 bridgehead atoms. The van der Waals surface area contributed by atoms with Crippen molar-refractivity contribution in [3.8, 4) is 16.9 Å². The van der Waals surface area contributed by atoms with Crippen LogP contribution in [-0.4, -0.2) is 101 Å². The lowest BCUT2D eigenvalue weighted by atomic mass is 9.93. The number of anilines is 2. The number of aromatic carboxylic acids is 1. The van der Waals surface area contributed by atoms with Gasteiger partial charge in [-0.1, -0.05) is 48.9 Å². The van der Waals surface area contributed by atoms with E-state index in [9.17, 15) is 14.7 Å². The average Bonchev–Trinajstić information content (AvgIpc) is 3.60. The Kier molecular flexibility index (Phi) is 7.71. The van der Waals surface area contributed by atoms with Crippen molar-refractivity contribution in [2.24, 2.45) is 12.5 Å². The molecule has 1 spiro atoms. The second-order valence-electron chi connectivity index (χ2n) is 15.2. The quantitative estimate of drug-likeness (QED) is 0.295. The van der Waals surface area contributed by atoms with Gasteiger partial charge in [0.05, 0.1) is 85.7 Å². The van der Waals surface area contributed by atoms with Gasteiger partial charge in [-0.2, -0.15) is 0 Å². The number of carboxylic acid groups (broad SMARTS) is 1. The summed E-state index contributed by atoms with van der Waals surface area (Å²) in [6.45, 7) is 7.43. The van der Waals surface area contributed by atoms with Gasteiger partial charge < -0.3 is 38.8 Å². The van der Waals surface area contributed by atoms with E-state index in [1.54, 1.807) is 36.0 Å². The van der Waals surface area contributed by atoms with Crippen LogP contribution in [0.1, 0.15) is 53.0 Å². The summed E-state index contributed by atoms with van der Waals surface area (Å²) in [6, 6.07) is 9.86. The topological polar surface area (TPSA) is 132 Å². The van der Waals surface area contributed by atoms with Crippen LogP contribution in [-0.2, 0) is 27.8 Å². The number of halogens is 2. The van der Waals surface area contributed by atoms with Crippen molar-refractivity contribution in [3.05, 3.63) is 63.9 Å². The van der Waals surface area contributed by atoms with Crippen molar-refractivity contribution in [2.45, 2.75) is 51.1 Å². The highest BCUT2D eigenvalue weighted by Crippen LogP contribution is 2.45. The zero-order valence-electron chi connectivity index (χ0n) is 29.0. The minimum absolute atomic E-state index is 0.0208. The number of para-hydroxylation sites is 1. The molecule has 1 amide bonds. The Hall–Kier alpha value is -4.50. The van der Waals surface area contributed by atoms with Crippen LogP contribution >= 0.6 is 11.6 Å². The summed E-state index contributed by atoms with van der Waals surface area (Å²) < 4.78 is 41.7. The molecule has 0 saturated carbocycles. The summed E-state index contributed by atoms with van der Waals surface area (Å²) in [5.74, 6) is -2.51. The van der Waals surface area contributed by atoms with Crippen LogP contribution < -0.4 is 14.5 Å². The molecule has 15 heteroatoms. The van der Waals surface area contributed by atoms with Gasteiger partial charge in [-0.25, -0.2) is 13.9 Å². The van der Waals surface area contributed by atoms with Gasteiger partial charge in [0, 0.05) is 29.2 Å². The third-order valence-electron chi connectivity index (χ3n) is 10.9. The number of carbonyl (C=O) groups excluding carboxylic acids is 1. The first-order valence-electron chi connectivity index (χ1n) is 17.4. The van der Waals surface area contributed by atoms with E-state index < -0.39 is 17.6 Å². The molecule has 1 aromatic heterocycles. The number of aromatic nitrogens is 3. The summed E-state index contributed by atoms with van der Waals surface area (Å²) in [6.07, 6.45) is 1.75. The lowest BCUT2D eigenvalue weighted by molar-refractivity contribution is -0.307. The molecular formula is C37H38ClFN6O7. The van der Waals surface area contributed by atoms with Crippen molar-refractivity contribution >= 4 is 45.9 Å². The summed E-state index contributed by atoms with van der Waals surface area (Å²) in [4.78, 5) is 32.2. The number of benzene rings is 3. The van der Waals surface area contributed by atoms with Gasteiger partial charge in [-0.15, -0.1) is 5.10 Å². The molecule has 4 fully saturated rings. The van der Waals surface area contributed by atoms with E-state index in [0.29, 0.717) is 73.1 Å². The van der Waals surface area contributed by atoms with Gasteiger partial charge in [0.25, 0.3) is 5.91 Å². The largest absolute Gasteiger partial charge is 0.478 e. The monoisotopic (exact) mass is 732 g/mol. The van der Waals surface area contributed by atoms with Crippen molar-refractivity contribution in [3.63, 3.8) is 0 Å². The van der Waals surface area contributed by atoms with Crippen LogP contribution in [0.3, 0.4) is 0 Å². The third-order valence-corrected chi connectivity index (χ3v) is 11.2. The number of hydrogen-bond donors (Lipinski definition) is 1. The smallest absolute Gasteiger partial charge is 0.337 e. The first kappa shape index (κ1) is 33.3. The Morgan fingerprint density at radius 2 is 1.75 bits per heavy atom. The number of hydrogen-bond acceptors (Lipinski definition) is 10. The molecular weight excluding hydrogens is 695 g/mol. The van der Waals surface area contributed by atoms with Gasteiger partial charge in [0.15, 0.2) is 6.73 Å². The van der Waals surface area contributed by atoms with E-state index in [1.165, 1.54) is 4.90 Å². The summed E-state index contributed by atoms with van der Waals surface area (Å²) in [5, 5.41) is 18.9. The third kappa shape index (κ3) is 5.29. The fourth-order valence-electron chi connectivity index (χ4n) is 8.21. The zero-order chi connectivity index (χ0) is 36.1. The number of carboxylic acids is 1. The van der Waals surface area contributed by atoms with Gasteiger partial charge in [-0.3, -0.25) is 4.79 Å². The maximum atomic E-state index is 15.8. The minimum Gasteiger partial charge on any atom is -0.478 e. The first-order valence-corrected chi connectivity index (χ1v) is 17.8. The van der Waals surface area contributed by atoms with Crippen LogP contribution in [0.2, 0.25) is 5.02 Å². The van der Waals surface area contributed by atoms with Gasteiger partial charge in [0.1, 0.15) is 22.6 Å². The molecule has 5 aliphatic heterocycles. The highest BCUT2D eigenvalue weighted by atomic mass is 35.5. The van der Waals surface area contributed by atoms with Crippen molar-refractivity contribution < 1.29 is 38.0 Å². The van der Waals surface area contributed by atoms with Gasteiger partial charge in [-0.05, 0) is 31.0 Å². The maximum Gasteiger partial charge on any atom is 0.337 e. The molecule has 272 valence electrons. The molecule has 52 heavy (non-hydrogen) atoms. The molecule has 9 rings (SSSR count). The average molecular weight is 733 g/mol. The molecule has 6 heterocycles. The Balaban J connectivity index is 1.00. The van der Waals surface area contributed by atoms with Crippen LogP contribution in [0, 0.1) is 11.2 Å². The second kappa shape index (κ2) is 12.0. The van der Waals surface area contributed by atoms with Crippen LogP contribution in [0.4, 0.5) is 15.8 Å². The Bertz CT molecular complexity index is 2120. The molecule has 5 aliphatic rings. The van der Waals surface area contributed by atoms with E-state index in [2.05, 4.69) is 34.0 Å². The number of amides is 1. The molecule has 3 aromatic carbocycles. The van der Waals surface area contributed by atoms with Crippen molar-refractivity contribution in [2.75, 3.05) is 56.0 Å². The second-order valence-corrected chi connectivity index (χ2v) is 15.6. The van der Waals surface area contributed by atoms with E-state index in [1.807, 2.05) is 6.07 Å². The number of rotatable bonds is 5. The molecule has 4 saturated heterocycles. The summed E-state index contributed by atoms with van der Waals surface area (Å²) in [5.41, 5.74) is 3.70. The van der Waals surface area contributed by atoms with Gasteiger partial charge >= 0.3 is 5.97 Å². The molecule has 4 aromatic rings. The van der Waals surface area contributed by atoms with E-state index in [4.69, 9.17) is 30.5 Å². The Morgan fingerprint density at radius 1 is 1.02 bits per heavy atom. The molecule has 2 unspecified atom stereocenters. The number of fused-ring (bicyclic) bond motifs is 4. The lowest BCUT2D eigenvalue weighted by Crippen LogP contribution is -2.68. The molecule has 0 radical (unpaired) electrons. The SMILES string of the molecule is Cn1nnc2c(C(=O)N3COc4c(cccc4-c4cc(N5C6CCC5COC6)c(C(=O)O)cc4F)C3)c(Cl)cc(N3CC4(C3)OCC(C)(C)CO4)c21. The van der Waals surface area contributed by atoms with E-state index >= 15 is 4.39 Å². The maximum absolute atomic E-state index is 15.8. The first-order chi connectivity index (χ1) is 24.9. The van der Waals surface area contributed by atoms with Crippen LogP contribution in [0.5, 0.6) is 5.75 Å². The number of morpholine rings is 1. The van der Waals surface area contributed by atoms with Crippen LogP contribution in [0.15, 0.2) is 36.4 Å². The number of carbonyl (C=O) groups is 2. The van der Waals surface area contributed by atoms with Gasteiger partial charge in [0.2, 0.25) is 5.79 Å². The zero-order valence-corrected chi connectivity index (χ0v) is 29.8. The van der Waals surface area contributed by atoms with E-state index in [0.717, 1.165) is 24.6 Å². The molecule has 0 aliphatic carbocycles. The minimum atomic E-state index is -1.19. The molecule has 1 N–H and O–H groups in total. The predicted octanol–water partition coefficient (Wildman–Crippen LogP) is 5.08. The number of aryl methyl sites for hydroxylation is 1. The molecule has 2 atom stereocenters. The standard InChI is InChI=1S/C37H38ClFN6O7/c1-36(2)17-51-37(52-18-36)15-44(16-37)29-11-26(38)30(31-32(29)42(3)41-40-31)34(46)43-12-20-5-4-6-23(33(20)50-19-43)24-10-28(25(35(47)48)9-27(24)39)45-21-7-8-22(45)14-49-13-21/h4-6,9-11,21-22H,7-8,12-19H2,1-3H3,(H,47,48). The number of ether oxygens (including phenoxy) is 4. The van der Waals surface area contributed by atoms with Crippen LogP contribution in [0.25, 0.3) is 22.2 Å². The predicted molar refractivity (Wildman–Crippen MR) is 188 cm³/mol. The normalized spacial score (nSPS) is 23.1. The lowest BCUT2D eigenvalue weighted by Gasteiger charge is -2.54. The fraction of sp³-hybridized carbons (Fsp3) is 0.459. The highest BCUT2D eigenvalue weighted by molar-refractivity contribution is 6.36. The summed E-state index contributed by atoms with van der Waals surface area (Å²) in [7, 11) is 1.77.